The third-order valence-corrected chi connectivity index (χ3v) is 4.92. The average Bonchev–Trinajstić information content (AvgIpc) is 3.20. The van der Waals surface area contributed by atoms with Crippen LogP contribution < -0.4 is 9.47 Å². The zero-order chi connectivity index (χ0) is 20.5. The fourth-order valence-electron chi connectivity index (χ4n) is 3.35. The molecule has 3 aromatic heterocycles. The Morgan fingerprint density at radius 2 is 1.77 bits per heavy atom. The van der Waals surface area contributed by atoms with Crippen LogP contribution in [0.2, 0.25) is 0 Å². The molecule has 0 fully saturated rings. The van der Waals surface area contributed by atoms with Crippen LogP contribution in [0, 0.1) is 5.82 Å². The van der Waals surface area contributed by atoms with Crippen molar-refractivity contribution in [3.05, 3.63) is 84.7 Å². The van der Waals surface area contributed by atoms with E-state index in [0.717, 1.165) is 27.8 Å². The molecule has 2 aromatic carbocycles. The van der Waals surface area contributed by atoms with Gasteiger partial charge in [0.1, 0.15) is 23.9 Å². The molecule has 0 N–H and O–H groups in total. The molecule has 0 aliphatic heterocycles. The van der Waals surface area contributed by atoms with Crippen LogP contribution >= 0.6 is 0 Å². The van der Waals surface area contributed by atoms with Gasteiger partial charge in [0.15, 0.2) is 11.5 Å². The van der Waals surface area contributed by atoms with Crippen LogP contribution in [0.15, 0.2) is 73.1 Å². The molecular weight excluding hydrogens is 383 g/mol. The fraction of sp³-hybridized carbons (Fsp3) is 0.0870. The lowest BCUT2D eigenvalue weighted by molar-refractivity contribution is 0.298. The molecule has 0 saturated heterocycles. The van der Waals surface area contributed by atoms with E-state index in [4.69, 9.17) is 9.47 Å². The number of halogens is 1. The smallest absolute Gasteiger partial charge is 0.175 e. The van der Waals surface area contributed by atoms with Crippen molar-refractivity contribution >= 4 is 16.6 Å². The molecule has 0 aliphatic carbocycles. The highest BCUT2D eigenvalue weighted by Crippen LogP contribution is 2.28. The van der Waals surface area contributed by atoms with Crippen molar-refractivity contribution in [3.63, 3.8) is 0 Å². The third kappa shape index (κ3) is 3.30. The van der Waals surface area contributed by atoms with Crippen LogP contribution in [-0.2, 0) is 6.61 Å². The number of fused-ring (bicyclic) bond motifs is 2. The predicted molar refractivity (Wildman–Crippen MR) is 111 cm³/mol. The molecule has 7 heteroatoms. The summed E-state index contributed by atoms with van der Waals surface area (Å²) in [6.45, 7) is 0.235. The number of aromatic nitrogens is 4. The van der Waals surface area contributed by atoms with Crippen molar-refractivity contribution in [1.29, 1.82) is 0 Å². The van der Waals surface area contributed by atoms with Gasteiger partial charge in [-0.3, -0.25) is 9.38 Å². The van der Waals surface area contributed by atoms with Gasteiger partial charge in [0.25, 0.3) is 0 Å². The van der Waals surface area contributed by atoms with Gasteiger partial charge in [-0.05, 0) is 53.6 Å². The minimum absolute atomic E-state index is 0.235. The standard InChI is InChI=1S/C23H17FN4O2/c1-29-18-7-8-19-20(12-18)25-11-10-21(19)30-14-23-27-26-22-9-4-16(13-28(22)23)15-2-5-17(24)6-3-15/h2-13H,14H2,1H3. The Morgan fingerprint density at radius 1 is 0.933 bits per heavy atom. The summed E-state index contributed by atoms with van der Waals surface area (Å²) >= 11 is 0. The molecule has 30 heavy (non-hydrogen) atoms. The summed E-state index contributed by atoms with van der Waals surface area (Å²) in [5.41, 5.74) is 3.35. The second-order valence-electron chi connectivity index (χ2n) is 6.75. The molecule has 6 nitrogen and oxygen atoms in total. The summed E-state index contributed by atoms with van der Waals surface area (Å²) in [6.07, 6.45) is 3.63. The van der Waals surface area contributed by atoms with Crippen molar-refractivity contribution < 1.29 is 13.9 Å². The normalized spacial score (nSPS) is 11.1. The molecule has 5 rings (SSSR count). The van der Waals surface area contributed by atoms with Crippen molar-refractivity contribution in [2.24, 2.45) is 0 Å². The van der Waals surface area contributed by atoms with Gasteiger partial charge < -0.3 is 9.47 Å². The summed E-state index contributed by atoms with van der Waals surface area (Å²) in [5.74, 6) is 1.84. The zero-order valence-electron chi connectivity index (χ0n) is 16.1. The first-order chi connectivity index (χ1) is 14.7. The lowest BCUT2D eigenvalue weighted by atomic mass is 10.1. The number of pyridine rings is 2. The number of ether oxygens (including phenoxy) is 2. The van der Waals surface area contributed by atoms with E-state index in [9.17, 15) is 4.39 Å². The number of nitrogens with zero attached hydrogens (tertiary/aromatic N) is 4. The Labute approximate surface area is 171 Å². The number of rotatable bonds is 5. The van der Waals surface area contributed by atoms with Gasteiger partial charge in [0.05, 0.1) is 12.6 Å². The second kappa shape index (κ2) is 7.44. The van der Waals surface area contributed by atoms with Crippen molar-refractivity contribution in [3.8, 4) is 22.6 Å². The quantitative estimate of drug-likeness (QED) is 0.429. The minimum atomic E-state index is -0.264. The highest BCUT2D eigenvalue weighted by atomic mass is 19.1. The fourth-order valence-corrected chi connectivity index (χ4v) is 3.35. The summed E-state index contributed by atoms with van der Waals surface area (Å²) in [6, 6.07) is 17.7. The van der Waals surface area contributed by atoms with E-state index >= 15 is 0 Å². The molecule has 148 valence electrons. The molecule has 0 atom stereocenters. The zero-order valence-corrected chi connectivity index (χ0v) is 16.1. The molecule has 0 saturated carbocycles. The maximum atomic E-state index is 13.2. The number of hydrogen-bond acceptors (Lipinski definition) is 5. The van der Waals surface area contributed by atoms with E-state index in [1.54, 1.807) is 25.4 Å². The van der Waals surface area contributed by atoms with E-state index in [0.29, 0.717) is 17.2 Å². The van der Waals surface area contributed by atoms with Gasteiger partial charge in [-0.1, -0.05) is 12.1 Å². The summed E-state index contributed by atoms with van der Waals surface area (Å²) in [5, 5.41) is 9.36. The molecule has 0 radical (unpaired) electrons. The predicted octanol–water partition coefficient (Wildman–Crippen LogP) is 4.67. The topological polar surface area (TPSA) is 61.5 Å². The number of hydrogen-bond donors (Lipinski definition) is 0. The Kier molecular flexibility index (Phi) is 4.48. The Balaban J connectivity index is 1.45. The molecule has 0 amide bonds. The molecule has 3 heterocycles. The van der Waals surface area contributed by atoms with E-state index in [2.05, 4.69) is 15.2 Å². The van der Waals surface area contributed by atoms with Gasteiger partial charge in [-0.2, -0.15) is 0 Å². The second-order valence-corrected chi connectivity index (χ2v) is 6.75. The third-order valence-electron chi connectivity index (χ3n) is 4.92. The maximum absolute atomic E-state index is 13.2. The van der Waals surface area contributed by atoms with Crippen LogP contribution in [0.4, 0.5) is 4.39 Å². The van der Waals surface area contributed by atoms with Gasteiger partial charge in [0.2, 0.25) is 0 Å². The first-order valence-corrected chi connectivity index (χ1v) is 9.36. The molecule has 0 bridgehead atoms. The van der Waals surface area contributed by atoms with Gasteiger partial charge >= 0.3 is 0 Å². The Hall–Kier alpha value is -4.00. The Morgan fingerprint density at radius 3 is 2.60 bits per heavy atom. The van der Waals surface area contributed by atoms with Crippen molar-refractivity contribution in [1.82, 2.24) is 19.6 Å². The summed E-state index contributed by atoms with van der Waals surface area (Å²) < 4.78 is 26.4. The first kappa shape index (κ1) is 18.1. The summed E-state index contributed by atoms with van der Waals surface area (Å²) in [4.78, 5) is 4.38. The first-order valence-electron chi connectivity index (χ1n) is 9.36. The van der Waals surface area contributed by atoms with Crippen molar-refractivity contribution in [2.45, 2.75) is 6.61 Å². The largest absolute Gasteiger partial charge is 0.497 e. The van der Waals surface area contributed by atoms with Crippen LogP contribution in [0.1, 0.15) is 5.82 Å². The number of methoxy groups -OCH3 is 1. The van der Waals surface area contributed by atoms with E-state index in [1.165, 1.54) is 12.1 Å². The van der Waals surface area contributed by atoms with Gasteiger partial charge in [-0.15, -0.1) is 10.2 Å². The summed E-state index contributed by atoms with van der Waals surface area (Å²) in [7, 11) is 1.62. The average molecular weight is 400 g/mol. The highest BCUT2D eigenvalue weighted by Gasteiger charge is 2.10. The monoisotopic (exact) mass is 400 g/mol. The van der Waals surface area contributed by atoms with Gasteiger partial charge in [0, 0.05) is 23.8 Å². The lowest BCUT2D eigenvalue weighted by Crippen LogP contribution is -2.02. The molecule has 5 aromatic rings. The van der Waals surface area contributed by atoms with Crippen LogP contribution in [0.3, 0.4) is 0 Å². The number of benzene rings is 2. The molecule has 0 spiro atoms. The molecule has 0 unspecified atom stereocenters. The highest BCUT2D eigenvalue weighted by molar-refractivity contribution is 5.85. The lowest BCUT2D eigenvalue weighted by Gasteiger charge is -2.09. The SMILES string of the molecule is COc1ccc2c(OCc3nnc4ccc(-c5ccc(F)cc5)cn34)ccnc2c1. The van der Waals surface area contributed by atoms with Crippen molar-refractivity contribution in [2.75, 3.05) is 7.11 Å². The van der Waals surface area contributed by atoms with E-state index in [-0.39, 0.29) is 12.4 Å². The maximum Gasteiger partial charge on any atom is 0.175 e. The molecular formula is C23H17FN4O2. The minimum Gasteiger partial charge on any atom is -0.497 e. The van der Waals surface area contributed by atoms with E-state index in [1.807, 2.05) is 47.0 Å². The van der Waals surface area contributed by atoms with Crippen LogP contribution in [0.5, 0.6) is 11.5 Å². The van der Waals surface area contributed by atoms with E-state index < -0.39 is 0 Å². The molecule has 0 aliphatic rings. The Bertz CT molecular complexity index is 1350. The van der Waals surface area contributed by atoms with Crippen LogP contribution in [-0.4, -0.2) is 26.7 Å². The van der Waals surface area contributed by atoms with Crippen LogP contribution in [0.25, 0.3) is 27.7 Å². The van der Waals surface area contributed by atoms with Gasteiger partial charge in [-0.25, -0.2) is 4.39 Å².